The van der Waals surface area contributed by atoms with E-state index in [2.05, 4.69) is 20.8 Å². The average molecular weight is 314 g/mol. The lowest BCUT2D eigenvalue weighted by atomic mass is 10.1. The van der Waals surface area contributed by atoms with Crippen LogP contribution in [-0.2, 0) is 0 Å². The third-order valence-electron chi connectivity index (χ3n) is 3.60. The smallest absolute Gasteiger partial charge is 0.0802 e. The highest BCUT2D eigenvalue weighted by Gasteiger charge is 2.22. The molecule has 1 aromatic rings. The van der Waals surface area contributed by atoms with Crippen molar-refractivity contribution >= 4 is 15.9 Å². The normalized spacial score (nSPS) is 22.3. The number of hydrogen-bond donors (Lipinski definition) is 2. The van der Waals surface area contributed by atoms with E-state index in [-0.39, 0.29) is 6.61 Å². The van der Waals surface area contributed by atoms with Crippen LogP contribution in [-0.4, -0.2) is 41.4 Å². The number of likely N-dealkylation sites (tertiary alicyclic amines) is 1. The minimum Gasteiger partial charge on any atom is -0.396 e. The Labute approximate surface area is 117 Å². The average Bonchev–Trinajstić information content (AvgIpc) is 2.85. The van der Waals surface area contributed by atoms with Crippen LogP contribution in [0, 0.1) is 5.92 Å². The molecule has 2 unspecified atom stereocenters. The Kier molecular flexibility index (Phi) is 5.18. The van der Waals surface area contributed by atoms with Gasteiger partial charge >= 0.3 is 0 Å². The van der Waals surface area contributed by atoms with Crippen LogP contribution < -0.4 is 0 Å². The van der Waals surface area contributed by atoms with E-state index in [9.17, 15) is 5.11 Å². The molecule has 4 heteroatoms. The molecule has 1 fully saturated rings. The first kappa shape index (κ1) is 14.0. The van der Waals surface area contributed by atoms with Crippen LogP contribution >= 0.6 is 15.9 Å². The summed E-state index contributed by atoms with van der Waals surface area (Å²) in [5, 5.41) is 19.2. The Morgan fingerprint density at radius 2 is 2.06 bits per heavy atom. The fraction of sp³-hybridized carbons (Fsp3) is 0.571. The highest BCUT2D eigenvalue weighted by molar-refractivity contribution is 9.10. The summed E-state index contributed by atoms with van der Waals surface area (Å²) in [6.07, 6.45) is 1.43. The van der Waals surface area contributed by atoms with Crippen LogP contribution in [0.3, 0.4) is 0 Å². The van der Waals surface area contributed by atoms with Gasteiger partial charge in [-0.3, -0.25) is 0 Å². The van der Waals surface area contributed by atoms with E-state index >= 15 is 0 Å². The molecule has 0 aromatic heterocycles. The van der Waals surface area contributed by atoms with Gasteiger partial charge in [-0.2, -0.15) is 0 Å². The van der Waals surface area contributed by atoms with Crippen LogP contribution in [0.15, 0.2) is 28.7 Å². The van der Waals surface area contributed by atoms with Gasteiger partial charge in [0.2, 0.25) is 0 Å². The Morgan fingerprint density at radius 3 is 2.67 bits per heavy atom. The van der Waals surface area contributed by atoms with Crippen molar-refractivity contribution in [2.75, 3.05) is 26.2 Å². The quantitative estimate of drug-likeness (QED) is 0.875. The van der Waals surface area contributed by atoms with E-state index in [0.717, 1.165) is 42.5 Å². The van der Waals surface area contributed by atoms with Crippen molar-refractivity contribution in [3.05, 3.63) is 34.3 Å². The largest absolute Gasteiger partial charge is 0.396 e. The van der Waals surface area contributed by atoms with Gasteiger partial charge in [0.1, 0.15) is 0 Å². The highest BCUT2D eigenvalue weighted by Crippen LogP contribution is 2.21. The van der Waals surface area contributed by atoms with Gasteiger partial charge in [0.15, 0.2) is 0 Å². The monoisotopic (exact) mass is 313 g/mol. The van der Waals surface area contributed by atoms with Crippen molar-refractivity contribution in [3.63, 3.8) is 0 Å². The number of hydrogen-bond acceptors (Lipinski definition) is 3. The number of rotatable bonds is 5. The predicted molar refractivity (Wildman–Crippen MR) is 75.4 cm³/mol. The number of aliphatic hydroxyl groups excluding tert-OH is 2. The van der Waals surface area contributed by atoms with Gasteiger partial charge in [-0.25, -0.2) is 0 Å². The van der Waals surface area contributed by atoms with Crippen LogP contribution in [0.5, 0.6) is 0 Å². The standard InChI is InChI=1S/C14H20BrNO2/c15-13-3-1-12(2-4-13)14(18)6-8-16-7-5-11(9-16)10-17/h1-4,11,14,17-18H,5-10H2. The van der Waals surface area contributed by atoms with Gasteiger partial charge in [0.05, 0.1) is 6.10 Å². The first-order valence-corrected chi connectivity index (χ1v) is 7.25. The molecular formula is C14H20BrNO2. The second-order valence-corrected chi connectivity index (χ2v) is 5.91. The summed E-state index contributed by atoms with van der Waals surface area (Å²) in [6, 6.07) is 7.82. The van der Waals surface area contributed by atoms with E-state index in [1.807, 2.05) is 24.3 Å². The molecule has 1 heterocycles. The van der Waals surface area contributed by atoms with Crippen molar-refractivity contribution in [1.82, 2.24) is 4.90 Å². The molecule has 18 heavy (non-hydrogen) atoms. The SMILES string of the molecule is OCC1CCN(CCC(O)c2ccc(Br)cc2)C1. The fourth-order valence-electron chi connectivity index (χ4n) is 2.42. The molecule has 0 saturated carbocycles. The number of aliphatic hydroxyl groups is 2. The zero-order valence-corrected chi connectivity index (χ0v) is 12.0. The second kappa shape index (κ2) is 6.66. The molecule has 0 radical (unpaired) electrons. The molecular weight excluding hydrogens is 294 g/mol. The first-order valence-electron chi connectivity index (χ1n) is 6.46. The summed E-state index contributed by atoms with van der Waals surface area (Å²) in [6.45, 7) is 3.18. The van der Waals surface area contributed by atoms with Crippen LogP contribution in [0.25, 0.3) is 0 Å². The van der Waals surface area contributed by atoms with E-state index in [1.165, 1.54) is 0 Å². The second-order valence-electron chi connectivity index (χ2n) is 4.99. The maximum atomic E-state index is 10.1. The third-order valence-corrected chi connectivity index (χ3v) is 4.13. The third kappa shape index (κ3) is 3.79. The minimum absolute atomic E-state index is 0.283. The molecule has 100 valence electrons. The zero-order valence-electron chi connectivity index (χ0n) is 10.4. The molecule has 2 rings (SSSR count). The first-order chi connectivity index (χ1) is 8.69. The van der Waals surface area contributed by atoms with Gasteiger partial charge in [0, 0.05) is 24.2 Å². The van der Waals surface area contributed by atoms with Crippen molar-refractivity contribution < 1.29 is 10.2 Å². The zero-order chi connectivity index (χ0) is 13.0. The summed E-state index contributed by atoms with van der Waals surface area (Å²) in [4.78, 5) is 2.32. The molecule has 0 amide bonds. The number of nitrogens with zero attached hydrogens (tertiary/aromatic N) is 1. The number of benzene rings is 1. The predicted octanol–water partition coefficient (Wildman–Crippen LogP) is 2.19. The summed E-state index contributed by atoms with van der Waals surface area (Å²) in [5.74, 6) is 0.426. The molecule has 0 aliphatic carbocycles. The van der Waals surface area contributed by atoms with Gasteiger partial charge < -0.3 is 15.1 Å². The van der Waals surface area contributed by atoms with Crippen molar-refractivity contribution in [3.8, 4) is 0 Å². The van der Waals surface area contributed by atoms with Gasteiger partial charge in [-0.15, -0.1) is 0 Å². The highest BCUT2D eigenvalue weighted by atomic mass is 79.9. The molecule has 1 aliphatic heterocycles. The van der Waals surface area contributed by atoms with E-state index in [4.69, 9.17) is 5.11 Å². The van der Waals surface area contributed by atoms with Gasteiger partial charge in [-0.1, -0.05) is 28.1 Å². The van der Waals surface area contributed by atoms with Crippen molar-refractivity contribution in [1.29, 1.82) is 0 Å². The molecule has 0 bridgehead atoms. The van der Waals surface area contributed by atoms with Crippen molar-refractivity contribution in [2.24, 2.45) is 5.92 Å². The molecule has 2 N–H and O–H groups in total. The Balaban J connectivity index is 1.78. The Hall–Kier alpha value is -0.420. The Bertz CT molecular complexity index is 369. The molecule has 1 saturated heterocycles. The van der Waals surface area contributed by atoms with Crippen LogP contribution in [0.1, 0.15) is 24.5 Å². The van der Waals surface area contributed by atoms with Crippen LogP contribution in [0.4, 0.5) is 0 Å². The fourth-order valence-corrected chi connectivity index (χ4v) is 2.69. The Morgan fingerprint density at radius 1 is 1.33 bits per heavy atom. The van der Waals surface area contributed by atoms with Crippen LogP contribution in [0.2, 0.25) is 0 Å². The van der Waals surface area contributed by atoms with E-state index < -0.39 is 6.10 Å². The van der Waals surface area contributed by atoms with Gasteiger partial charge in [-0.05, 0) is 43.0 Å². The lowest BCUT2D eigenvalue weighted by Gasteiger charge is -2.18. The summed E-state index contributed by atoms with van der Waals surface area (Å²) < 4.78 is 1.03. The van der Waals surface area contributed by atoms with E-state index in [0.29, 0.717) is 5.92 Å². The summed E-state index contributed by atoms with van der Waals surface area (Å²) in [5.41, 5.74) is 0.969. The molecule has 2 atom stereocenters. The summed E-state index contributed by atoms with van der Waals surface area (Å²) >= 11 is 3.39. The molecule has 3 nitrogen and oxygen atoms in total. The topological polar surface area (TPSA) is 43.7 Å². The lowest BCUT2D eigenvalue weighted by molar-refractivity contribution is 0.146. The maximum Gasteiger partial charge on any atom is 0.0802 e. The summed E-state index contributed by atoms with van der Waals surface area (Å²) in [7, 11) is 0. The molecule has 1 aromatic carbocycles. The molecule has 0 spiro atoms. The van der Waals surface area contributed by atoms with Gasteiger partial charge in [0.25, 0.3) is 0 Å². The van der Waals surface area contributed by atoms with E-state index in [1.54, 1.807) is 0 Å². The molecule has 1 aliphatic rings. The maximum absolute atomic E-state index is 10.1. The lowest BCUT2D eigenvalue weighted by Crippen LogP contribution is -2.24. The van der Waals surface area contributed by atoms with Crippen molar-refractivity contribution in [2.45, 2.75) is 18.9 Å². The number of halogens is 1. The minimum atomic E-state index is -0.397.